The summed E-state index contributed by atoms with van der Waals surface area (Å²) in [5.41, 5.74) is 0. The molecule has 1 atom stereocenters. The van der Waals surface area contributed by atoms with Crippen molar-refractivity contribution in [3.8, 4) is 0 Å². The predicted octanol–water partition coefficient (Wildman–Crippen LogP) is 2.75. The van der Waals surface area contributed by atoms with Crippen LogP contribution in [0.3, 0.4) is 0 Å². The minimum atomic E-state index is -0.121. The first-order valence-corrected chi connectivity index (χ1v) is 10.2. The van der Waals surface area contributed by atoms with Crippen molar-refractivity contribution in [1.82, 2.24) is 14.0 Å². The molecule has 3 nitrogen and oxygen atoms in total. The van der Waals surface area contributed by atoms with Gasteiger partial charge in [0, 0.05) is 12.6 Å². The molecule has 0 amide bonds. The van der Waals surface area contributed by atoms with Crippen molar-refractivity contribution in [3.63, 3.8) is 0 Å². The van der Waals surface area contributed by atoms with Gasteiger partial charge in [0.05, 0.1) is 0 Å². The number of hydrogen-bond donors (Lipinski definition) is 0. The molecule has 1 unspecified atom stereocenters. The Balaban J connectivity index is 1.89. The fourth-order valence-corrected chi connectivity index (χ4v) is 6.15. The van der Waals surface area contributed by atoms with E-state index in [2.05, 4.69) is 34.9 Å². The lowest BCUT2D eigenvalue weighted by Gasteiger charge is -2.58. The highest BCUT2D eigenvalue weighted by Gasteiger charge is 2.42. The third-order valence-corrected chi connectivity index (χ3v) is 7.25. The Kier molecular flexibility index (Phi) is 7.01. The Morgan fingerprint density at radius 3 is 2.40 bits per heavy atom. The van der Waals surface area contributed by atoms with Gasteiger partial charge in [0.1, 0.15) is 6.29 Å². The van der Waals surface area contributed by atoms with Crippen molar-refractivity contribution in [2.24, 2.45) is 0 Å². The number of nitrogens with zero attached hydrogens (tertiary/aromatic N) is 3. The van der Waals surface area contributed by atoms with Crippen LogP contribution in [-0.2, 0) is 0 Å². The Bertz CT molecular complexity index is 258. The molecule has 1 saturated carbocycles. The molecule has 118 valence electrons. The van der Waals surface area contributed by atoms with Gasteiger partial charge in [-0.25, -0.2) is 0 Å². The molecule has 0 aromatic carbocycles. The summed E-state index contributed by atoms with van der Waals surface area (Å²) in [4.78, 5) is 2.63. The van der Waals surface area contributed by atoms with Crippen LogP contribution in [0.5, 0.6) is 0 Å². The Morgan fingerprint density at radius 2 is 1.75 bits per heavy atom. The van der Waals surface area contributed by atoms with Crippen LogP contribution in [0.25, 0.3) is 0 Å². The standard InChI is InChI=1S/C16H35N3Si/c1-4-6-13-17(3)16-18(14-7-5-2)20-19(16)15-11-9-8-10-12-15/h15-16H,4-14,20H2,1-3H3. The Morgan fingerprint density at radius 1 is 1.05 bits per heavy atom. The van der Waals surface area contributed by atoms with E-state index >= 15 is 0 Å². The highest BCUT2D eigenvalue weighted by atomic mass is 28.2. The summed E-state index contributed by atoms with van der Waals surface area (Å²) in [6.07, 6.45) is 13.4. The third kappa shape index (κ3) is 4.06. The molecule has 2 rings (SSSR count). The molecule has 0 bridgehead atoms. The van der Waals surface area contributed by atoms with Gasteiger partial charge in [0.2, 0.25) is 0 Å². The fourth-order valence-electron chi connectivity index (χ4n) is 3.79. The maximum atomic E-state index is 2.92. The van der Waals surface area contributed by atoms with E-state index in [-0.39, 0.29) is 9.84 Å². The smallest absolute Gasteiger partial charge is 0.177 e. The van der Waals surface area contributed by atoms with Crippen LogP contribution < -0.4 is 0 Å². The number of unbranched alkanes of at least 4 members (excludes halogenated alkanes) is 2. The summed E-state index contributed by atoms with van der Waals surface area (Å²) >= 11 is 0. The van der Waals surface area contributed by atoms with E-state index in [1.165, 1.54) is 70.9 Å². The first-order valence-electron chi connectivity index (χ1n) is 8.98. The minimum absolute atomic E-state index is 0.121. The quantitative estimate of drug-likeness (QED) is 0.638. The van der Waals surface area contributed by atoms with Crippen LogP contribution in [0.4, 0.5) is 0 Å². The van der Waals surface area contributed by atoms with E-state index in [9.17, 15) is 0 Å². The zero-order valence-corrected chi connectivity index (χ0v) is 15.4. The molecule has 1 heterocycles. The molecule has 2 aliphatic rings. The summed E-state index contributed by atoms with van der Waals surface area (Å²) in [5.74, 6) is 0. The lowest BCUT2D eigenvalue weighted by molar-refractivity contribution is -0.0573. The van der Waals surface area contributed by atoms with Gasteiger partial charge in [0.15, 0.2) is 9.84 Å². The van der Waals surface area contributed by atoms with Crippen molar-refractivity contribution in [2.75, 3.05) is 20.1 Å². The largest absolute Gasteiger partial charge is 0.289 e. The van der Waals surface area contributed by atoms with Crippen molar-refractivity contribution >= 4 is 9.84 Å². The topological polar surface area (TPSA) is 9.72 Å². The maximum Gasteiger partial charge on any atom is 0.177 e. The van der Waals surface area contributed by atoms with Gasteiger partial charge in [-0.15, -0.1) is 0 Å². The van der Waals surface area contributed by atoms with E-state index in [0.717, 1.165) is 6.04 Å². The van der Waals surface area contributed by atoms with Gasteiger partial charge in [-0.2, -0.15) is 0 Å². The summed E-state index contributed by atoms with van der Waals surface area (Å²) in [7, 11) is 2.23. The Labute approximate surface area is 128 Å². The van der Waals surface area contributed by atoms with Gasteiger partial charge in [-0.05, 0) is 39.3 Å². The second-order valence-electron chi connectivity index (χ2n) is 6.79. The van der Waals surface area contributed by atoms with Gasteiger partial charge in [-0.3, -0.25) is 14.0 Å². The van der Waals surface area contributed by atoms with E-state index in [1.807, 2.05) is 0 Å². The van der Waals surface area contributed by atoms with Crippen molar-refractivity contribution in [1.29, 1.82) is 0 Å². The van der Waals surface area contributed by atoms with Crippen LogP contribution >= 0.6 is 0 Å². The SMILES string of the molecule is CCCCN(C)C1N(CCCC)[SiH2]N1C1CCCCC1. The molecule has 1 saturated heterocycles. The molecule has 2 fully saturated rings. The van der Waals surface area contributed by atoms with Gasteiger partial charge < -0.3 is 0 Å². The third-order valence-electron chi connectivity index (χ3n) is 5.07. The van der Waals surface area contributed by atoms with Crippen LogP contribution in [0.15, 0.2) is 0 Å². The number of rotatable bonds is 8. The van der Waals surface area contributed by atoms with Crippen molar-refractivity contribution < 1.29 is 0 Å². The van der Waals surface area contributed by atoms with Crippen molar-refractivity contribution in [2.45, 2.75) is 84.0 Å². The summed E-state index contributed by atoms with van der Waals surface area (Å²) < 4.78 is 5.75. The summed E-state index contributed by atoms with van der Waals surface area (Å²) in [5, 5.41) is 0. The van der Waals surface area contributed by atoms with Gasteiger partial charge in [0.25, 0.3) is 0 Å². The molecule has 0 aromatic rings. The summed E-state index contributed by atoms with van der Waals surface area (Å²) in [6, 6.07) is 0.919. The van der Waals surface area contributed by atoms with E-state index in [0.29, 0.717) is 6.29 Å². The van der Waals surface area contributed by atoms with E-state index in [4.69, 9.17) is 0 Å². The van der Waals surface area contributed by atoms with Crippen LogP contribution in [0, 0.1) is 0 Å². The van der Waals surface area contributed by atoms with Crippen LogP contribution in [-0.4, -0.2) is 56.3 Å². The molecule has 0 radical (unpaired) electrons. The highest BCUT2D eigenvalue weighted by Crippen LogP contribution is 2.30. The molecule has 0 aromatic heterocycles. The van der Waals surface area contributed by atoms with Crippen molar-refractivity contribution in [3.05, 3.63) is 0 Å². The second kappa shape index (κ2) is 8.52. The number of hydrogen-bond acceptors (Lipinski definition) is 3. The average Bonchev–Trinajstić information content (AvgIpc) is 2.45. The lowest BCUT2D eigenvalue weighted by Crippen LogP contribution is -2.74. The predicted molar refractivity (Wildman–Crippen MR) is 90.2 cm³/mol. The molecule has 4 heteroatoms. The molecular formula is C16H35N3Si. The average molecular weight is 298 g/mol. The fraction of sp³-hybridized carbons (Fsp3) is 1.00. The minimum Gasteiger partial charge on any atom is -0.289 e. The molecule has 0 N–H and O–H groups in total. The van der Waals surface area contributed by atoms with E-state index in [1.54, 1.807) is 0 Å². The van der Waals surface area contributed by atoms with Crippen LogP contribution in [0.2, 0.25) is 0 Å². The lowest BCUT2D eigenvalue weighted by atomic mass is 9.95. The zero-order chi connectivity index (χ0) is 14.4. The Hall–Kier alpha value is 0.0969. The zero-order valence-electron chi connectivity index (χ0n) is 14.0. The molecule has 0 spiro atoms. The molecule has 20 heavy (non-hydrogen) atoms. The molecular weight excluding hydrogens is 262 g/mol. The van der Waals surface area contributed by atoms with Gasteiger partial charge >= 0.3 is 0 Å². The summed E-state index contributed by atoms with van der Waals surface area (Å²) in [6.45, 7) is 7.22. The molecule has 1 aliphatic heterocycles. The monoisotopic (exact) mass is 297 g/mol. The first-order chi connectivity index (χ1) is 9.77. The van der Waals surface area contributed by atoms with E-state index < -0.39 is 0 Å². The van der Waals surface area contributed by atoms with Gasteiger partial charge in [-0.1, -0.05) is 46.0 Å². The highest BCUT2D eigenvalue weighted by molar-refractivity contribution is 6.32. The van der Waals surface area contributed by atoms with Crippen LogP contribution in [0.1, 0.15) is 71.6 Å². The normalized spacial score (nSPS) is 27.3. The molecule has 1 aliphatic carbocycles. The first kappa shape index (κ1) is 16.5. The maximum absolute atomic E-state index is 2.92. The second-order valence-corrected chi connectivity index (χ2v) is 8.62.